The maximum Gasteiger partial charge on any atom is 0.424 e. The molecule has 0 bridgehead atoms. The van der Waals surface area contributed by atoms with Crippen LogP contribution in [0.25, 0.3) is 21.3 Å². The fourth-order valence-electron chi connectivity index (χ4n) is 5.13. The minimum absolute atomic E-state index is 0.130. The van der Waals surface area contributed by atoms with Gasteiger partial charge >= 0.3 is 12.3 Å². The lowest BCUT2D eigenvalue weighted by Crippen LogP contribution is -2.45. The third kappa shape index (κ3) is 8.10. The molecular weight excluding hydrogens is 701 g/mol. The first-order valence-corrected chi connectivity index (χ1v) is 17.7. The molecule has 2 unspecified atom stereocenters. The normalized spacial score (nSPS) is 19.5. The average Bonchev–Trinajstić information content (AvgIpc) is 3.56. The van der Waals surface area contributed by atoms with Crippen molar-refractivity contribution in [2.24, 2.45) is 0 Å². The van der Waals surface area contributed by atoms with E-state index in [1.165, 1.54) is 49.6 Å². The first-order valence-electron chi connectivity index (χ1n) is 15.3. The highest BCUT2D eigenvalue weighted by atomic mass is 35.5. The van der Waals surface area contributed by atoms with E-state index >= 15 is 0 Å². The zero-order valence-electron chi connectivity index (χ0n) is 28.2. The summed E-state index contributed by atoms with van der Waals surface area (Å²) in [5.41, 5.74) is -2.35. The van der Waals surface area contributed by atoms with Gasteiger partial charge < -0.3 is 14.2 Å². The summed E-state index contributed by atoms with van der Waals surface area (Å²) >= 11 is 8.02. The van der Waals surface area contributed by atoms with Gasteiger partial charge in [0.05, 0.1) is 44.8 Å². The van der Waals surface area contributed by atoms with Crippen molar-refractivity contribution in [3.63, 3.8) is 0 Å². The number of carbonyl (C=O) groups excluding carboxylic acids is 1. The van der Waals surface area contributed by atoms with Crippen molar-refractivity contribution in [2.45, 2.75) is 89.3 Å². The molecule has 49 heavy (non-hydrogen) atoms. The molecule has 1 amide bonds. The summed E-state index contributed by atoms with van der Waals surface area (Å²) in [5, 5.41) is 3.64. The second-order valence-corrected chi connectivity index (χ2v) is 17.5. The first kappa shape index (κ1) is 37.1. The molecule has 264 valence electrons. The number of nitrogens with zero attached hydrogens (tertiary/aromatic N) is 2. The van der Waals surface area contributed by atoms with E-state index in [1.54, 1.807) is 39.0 Å². The highest BCUT2D eigenvalue weighted by Gasteiger charge is 2.64. The summed E-state index contributed by atoms with van der Waals surface area (Å²) < 4.78 is 76.7. The number of benzene rings is 1. The smallest absolute Gasteiger partial charge is 0.424 e. The van der Waals surface area contributed by atoms with Crippen molar-refractivity contribution in [3.05, 3.63) is 75.9 Å². The molecule has 1 aromatic carbocycles. The van der Waals surface area contributed by atoms with Crippen LogP contribution in [-0.4, -0.2) is 49.2 Å². The number of aromatic nitrogens is 2. The summed E-state index contributed by atoms with van der Waals surface area (Å²) in [6, 6.07) is 12.3. The van der Waals surface area contributed by atoms with Crippen LogP contribution in [0.15, 0.2) is 54.7 Å². The van der Waals surface area contributed by atoms with Crippen LogP contribution in [0.2, 0.25) is 5.02 Å². The van der Waals surface area contributed by atoms with Crippen molar-refractivity contribution < 1.29 is 36.4 Å². The summed E-state index contributed by atoms with van der Waals surface area (Å²) in [6.07, 6.45) is -4.14. The minimum atomic E-state index is -4.76. The van der Waals surface area contributed by atoms with Gasteiger partial charge in [-0.3, -0.25) is 10.3 Å². The molecule has 15 heteroatoms. The predicted molar refractivity (Wildman–Crippen MR) is 186 cm³/mol. The number of ether oxygens (including phenoxy) is 3. The quantitative estimate of drug-likeness (QED) is 0.195. The molecule has 9 nitrogen and oxygen atoms in total. The number of rotatable bonds is 7. The molecule has 1 saturated heterocycles. The highest BCUT2D eigenvalue weighted by molar-refractivity contribution is 7.84. The fourth-order valence-corrected chi connectivity index (χ4v) is 7.46. The second-order valence-electron chi connectivity index (χ2n) is 14.0. The Balaban J connectivity index is 1.60. The standard InChI is InChI=1S/C34H38ClF3N4O5S2/c1-30(2,3)46-29(43)41-25-13-12-22(35)26(40-25)27(42-49(44)31(4,5)6)24-16-19-10-9-11-21(28(19)48-24)23-17-20(14-15-39-23)33(34(36,37)38)18-45-32(7,8)47-33/h9-17,27,42H,18H2,1-8H3,(H,40,41,43)/t27?,33?,49-/m0/s1. The van der Waals surface area contributed by atoms with Gasteiger partial charge in [0.25, 0.3) is 0 Å². The number of hydrogen-bond donors (Lipinski definition) is 2. The molecule has 3 aromatic heterocycles. The Morgan fingerprint density at radius 1 is 1.08 bits per heavy atom. The fraction of sp³-hybridized carbons (Fsp3) is 0.441. The van der Waals surface area contributed by atoms with Gasteiger partial charge in [0.2, 0.25) is 5.60 Å². The monoisotopic (exact) mass is 738 g/mol. The third-order valence-electron chi connectivity index (χ3n) is 7.41. The van der Waals surface area contributed by atoms with Crippen molar-refractivity contribution in [1.29, 1.82) is 0 Å². The second kappa shape index (κ2) is 13.2. The van der Waals surface area contributed by atoms with Crippen molar-refractivity contribution in [3.8, 4) is 11.3 Å². The Labute approximate surface area is 294 Å². The van der Waals surface area contributed by atoms with E-state index in [0.29, 0.717) is 21.8 Å². The van der Waals surface area contributed by atoms with E-state index in [9.17, 15) is 22.2 Å². The number of anilines is 1. The molecule has 5 rings (SSSR count). The molecule has 2 N–H and O–H groups in total. The molecule has 1 aliphatic rings. The van der Waals surface area contributed by atoms with Gasteiger partial charge in [-0.2, -0.15) is 13.2 Å². The van der Waals surface area contributed by atoms with E-state index in [2.05, 4.69) is 20.0 Å². The van der Waals surface area contributed by atoms with Gasteiger partial charge in [0, 0.05) is 21.3 Å². The summed E-state index contributed by atoms with van der Waals surface area (Å²) in [4.78, 5) is 22.3. The predicted octanol–water partition coefficient (Wildman–Crippen LogP) is 9.04. The van der Waals surface area contributed by atoms with Gasteiger partial charge in [-0.05, 0) is 96.7 Å². The molecular formula is C34H38ClF3N4O5S2. The zero-order valence-corrected chi connectivity index (χ0v) is 30.6. The van der Waals surface area contributed by atoms with E-state index in [0.717, 1.165) is 10.1 Å². The lowest BCUT2D eigenvalue weighted by atomic mass is 9.93. The number of nitrogens with one attached hydrogen (secondary N) is 2. The lowest BCUT2D eigenvalue weighted by Gasteiger charge is -2.31. The maximum absolute atomic E-state index is 14.6. The molecule has 0 aliphatic carbocycles. The van der Waals surface area contributed by atoms with Crippen molar-refractivity contribution >= 4 is 55.9 Å². The van der Waals surface area contributed by atoms with E-state index in [1.807, 2.05) is 32.9 Å². The molecule has 1 fully saturated rings. The summed E-state index contributed by atoms with van der Waals surface area (Å²) in [7, 11) is -1.59. The lowest BCUT2D eigenvalue weighted by molar-refractivity contribution is -0.289. The number of hydrogen-bond acceptors (Lipinski definition) is 8. The summed E-state index contributed by atoms with van der Waals surface area (Å²) in [6.45, 7) is 12.9. The van der Waals surface area contributed by atoms with Crippen LogP contribution >= 0.6 is 22.9 Å². The molecule has 3 atom stereocenters. The molecule has 4 heterocycles. The van der Waals surface area contributed by atoms with Crippen LogP contribution in [0, 0.1) is 0 Å². The van der Waals surface area contributed by atoms with Crippen LogP contribution in [0.1, 0.15) is 77.6 Å². The average molecular weight is 739 g/mol. The SMILES string of the molecule is CC(C)(C)OC(=O)Nc1ccc(Cl)c(C(N[S@@](=O)C(C)(C)C)c2cc3cccc(-c4cc(C5(C(F)(F)F)COC(C)(C)O5)ccn4)c3s2)n1. The van der Waals surface area contributed by atoms with Crippen LogP contribution < -0.4 is 10.0 Å². The maximum atomic E-state index is 14.6. The van der Waals surface area contributed by atoms with E-state index < -0.39 is 57.6 Å². The van der Waals surface area contributed by atoms with Crippen LogP contribution in [0.3, 0.4) is 0 Å². The van der Waals surface area contributed by atoms with Crippen LogP contribution in [-0.2, 0) is 30.8 Å². The Kier molecular flexibility index (Phi) is 10.00. The summed E-state index contributed by atoms with van der Waals surface area (Å²) in [5.74, 6) is -1.27. The van der Waals surface area contributed by atoms with Gasteiger partial charge in [0.1, 0.15) is 11.4 Å². The third-order valence-corrected chi connectivity index (χ3v) is 10.5. The Morgan fingerprint density at radius 3 is 2.41 bits per heavy atom. The van der Waals surface area contributed by atoms with Crippen LogP contribution in [0.4, 0.5) is 23.8 Å². The van der Waals surface area contributed by atoms with Gasteiger partial charge in [-0.15, -0.1) is 11.3 Å². The number of carbonyl (C=O) groups is 1. The van der Waals surface area contributed by atoms with Gasteiger partial charge in [-0.1, -0.05) is 29.8 Å². The van der Waals surface area contributed by atoms with Crippen molar-refractivity contribution in [2.75, 3.05) is 11.9 Å². The number of fused-ring (bicyclic) bond motifs is 1. The van der Waals surface area contributed by atoms with Gasteiger partial charge in [-0.25, -0.2) is 18.7 Å². The number of alkyl halides is 3. The molecule has 1 aliphatic heterocycles. The zero-order chi connectivity index (χ0) is 36.2. The van der Waals surface area contributed by atoms with Crippen molar-refractivity contribution in [1.82, 2.24) is 14.7 Å². The topological polar surface area (TPSA) is 112 Å². The minimum Gasteiger partial charge on any atom is -0.444 e. The number of amides is 1. The molecule has 4 aromatic rings. The highest BCUT2D eigenvalue weighted by Crippen LogP contribution is 2.50. The number of thiophene rings is 1. The number of halogens is 4. The van der Waals surface area contributed by atoms with E-state index in [4.69, 9.17) is 25.8 Å². The number of pyridine rings is 2. The Hall–Kier alpha value is -3.14. The Bertz CT molecular complexity index is 1910. The Morgan fingerprint density at radius 2 is 1.80 bits per heavy atom. The molecule has 0 radical (unpaired) electrons. The van der Waals surface area contributed by atoms with Crippen LogP contribution in [0.5, 0.6) is 0 Å². The molecule has 0 spiro atoms. The largest absolute Gasteiger partial charge is 0.444 e. The molecule has 0 saturated carbocycles. The first-order chi connectivity index (χ1) is 22.6. The van der Waals surface area contributed by atoms with E-state index in [-0.39, 0.29) is 16.4 Å². The van der Waals surface area contributed by atoms with Gasteiger partial charge in [0.15, 0.2) is 5.79 Å².